The van der Waals surface area contributed by atoms with E-state index in [2.05, 4.69) is 34.1 Å². The second-order valence-electron chi connectivity index (χ2n) is 8.60. The Morgan fingerprint density at radius 1 is 1.00 bits per heavy atom. The maximum atomic E-state index is 13.4. The Hall–Kier alpha value is -2.70. The van der Waals surface area contributed by atoms with E-state index < -0.39 is 0 Å². The third-order valence-electron chi connectivity index (χ3n) is 6.46. The van der Waals surface area contributed by atoms with Crippen LogP contribution in [0.15, 0.2) is 53.1 Å². The average Bonchev–Trinajstić information content (AvgIpc) is 3.48. The van der Waals surface area contributed by atoms with Gasteiger partial charge in [0.15, 0.2) is 11.7 Å². The number of likely N-dealkylation sites (tertiary alicyclic amines) is 1. The fraction of sp³-hybridized carbons (Fsp3) is 0.360. The summed E-state index contributed by atoms with van der Waals surface area (Å²) in [7, 11) is 0. The zero-order valence-corrected chi connectivity index (χ0v) is 20.0. The highest BCUT2D eigenvalue weighted by atomic mass is 35.5. The van der Waals surface area contributed by atoms with Crippen molar-refractivity contribution in [3.05, 3.63) is 70.2 Å². The SMILES string of the molecule is Cc1ncc(-c2ccc(N3CCN(C(=O)N4CCCC4c4cc(Cl)cc(Cl)c4)CC3)cc2)o1. The Balaban J connectivity index is 1.22. The molecule has 5 rings (SSSR count). The molecule has 1 atom stereocenters. The number of carbonyl (C=O) groups excluding carboxylic acids is 1. The van der Waals surface area contributed by atoms with Crippen LogP contribution in [0.4, 0.5) is 10.5 Å². The Kier molecular flexibility index (Phi) is 6.21. The van der Waals surface area contributed by atoms with Crippen LogP contribution in [0.3, 0.4) is 0 Å². The predicted octanol–water partition coefficient (Wildman–Crippen LogP) is 6.04. The molecule has 0 bridgehead atoms. The van der Waals surface area contributed by atoms with Gasteiger partial charge in [0.05, 0.1) is 12.2 Å². The minimum atomic E-state index is 0.0269. The second-order valence-corrected chi connectivity index (χ2v) is 9.47. The fourth-order valence-corrected chi connectivity index (χ4v) is 5.32. The molecule has 0 aliphatic carbocycles. The Bertz CT molecular complexity index is 1120. The summed E-state index contributed by atoms with van der Waals surface area (Å²) in [6.45, 7) is 5.59. The molecule has 2 fully saturated rings. The summed E-state index contributed by atoms with van der Waals surface area (Å²) in [5, 5.41) is 1.21. The molecule has 33 heavy (non-hydrogen) atoms. The van der Waals surface area contributed by atoms with Gasteiger partial charge in [-0.2, -0.15) is 0 Å². The van der Waals surface area contributed by atoms with Gasteiger partial charge in [0.1, 0.15) is 0 Å². The molecule has 0 radical (unpaired) electrons. The molecule has 0 saturated carbocycles. The van der Waals surface area contributed by atoms with Crippen molar-refractivity contribution in [2.75, 3.05) is 37.6 Å². The van der Waals surface area contributed by atoms with E-state index in [-0.39, 0.29) is 12.1 Å². The third kappa shape index (κ3) is 4.68. The van der Waals surface area contributed by atoms with Gasteiger partial charge < -0.3 is 19.1 Å². The standard InChI is InChI=1S/C25H26Cl2N4O2/c1-17-28-16-24(33-17)18-4-6-22(7-5-18)29-9-11-30(12-10-29)25(32)31-8-2-3-23(31)19-13-20(26)15-21(27)14-19/h4-7,13-16,23H,2-3,8-12H2,1H3. The van der Waals surface area contributed by atoms with Crippen molar-refractivity contribution in [3.8, 4) is 11.3 Å². The molecule has 2 saturated heterocycles. The summed E-state index contributed by atoms with van der Waals surface area (Å²) in [4.78, 5) is 23.8. The number of hydrogen-bond donors (Lipinski definition) is 0. The van der Waals surface area contributed by atoms with E-state index in [1.807, 2.05) is 28.9 Å². The number of nitrogens with zero attached hydrogens (tertiary/aromatic N) is 4. The fourth-order valence-electron chi connectivity index (χ4n) is 4.78. The first-order chi connectivity index (χ1) is 16.0. The molecule has 2 aliphatic rings. The second kappa shape index (κ2) is 9.27. The van der Waals surface area contributed by atoms with Crippen molar-refractivity contribution in [2.45, 2.75) is 25.8 Å². The first-order valence-corrected chi connectivity index (χ1v) is 12.0. The maximum absolute atomic E-state index is 13.4. The molecular weight excluding hydrogens is 459 g/mol. The number of aryl methyl sites for hydroxylation is 1. The van der Waals surface area contributed by atoms with Crippen LogP contribution in [0.25, 0.3) is 11.3 Å². The lowest BCUT2D eigenvalue weighted by Gasteiger charge is -2.39. The monoisotopic (exact) mass is 484 g/mol. The molecule has 1 aromatic heterocycles. The van der Waals surface area contributed by atoms with Crippen LogP contribution < -0.4 is 4.90 Å². The van der Waals surface area contributed by atoms with E-state index in [1.165, 1.54) is 0 Å². The lowest BCUT2D eigenvalue weighted by atomic mass is 10.0. The zero-order chi connectivity index (χ0) is 22.9. The molecule has 0 spiro atoms. The van der Waals surface area contributed by atoms with Crippen LogP contribution in [0.2, 0.25) is 10.0 Å². The van der Waals surface area contributed by atoms with E-state index in [0.29, 0.717) is 29.0 Å². The van der Waals surface area contributed by atoms with Crippen LogP contribution in [0.5, 0.6) is 0 Å². The van der Waals surface area contributed by atoms with Gasteiger partial charge in [-0.1, -0.05) is 23.2 Å². The largest absolute Gasteiger partial charge is 0.441 e. The number of aromatic nitrogens is 1. The molecule has 1 unspecified atom stereocenters. The summed E-state index contributed by atoms with van der Waals surface area (Å²) >= 11 is 12.4. The number of halogens is 2. The summed E-state index contributed by atoms with van der Waals surface area (Å²) in [6, 6.07) is 14.0. The summed E-state index contributed by atoms with van der Waals surface area (Å²) in [5.74, 6) is 1.43. The number of hydrogen-bond acceptors (Lipinski definition) is 4. The van der Waals surface area contributed by atoms with E-state index in [1.54, 1.807) is 12.3 Å². The van der Waals surface area contributed by atoms with Crippen molar-refractivity contribution in [3.63, 3.8) is 0 Å². The van der Waals surface area contributed by atoms with Crippen molar-refractivity contribution in [1.29, 1.82) is 0 Å². The first kappa shape index (κ1) is 22.1. The van der Waals surface area contributed by atoms with Gasteiger partial charge in [-0.15, -0.1) is 0 Å². The van der Waals surface area contributed by atoms with Crippen molar-refractivity contribution in [2.24, 2.45) is 0 Å². The number of benzene rings is 2. The Labute approximate surface area is 203 Å². The highest BCUT2D eigenvalue weighted by molar-refractivity contribution is 6.34. The summed E-state index contributed by atoms with van der Waals surface area (Å²) < 4.78 is 5.61. The molecule has 172 valence electrons. The molecule has 2 aliphatic heterocycles. The van der Waals surface area contributed by atoms with Gasteiger partial charge in [0, 0.05) is 60.9 Å². The van der Waals surface area contributed by atoms with Crippen molar-refractivity contribution in [1.82, 2.24) is 14.8 Å². The molecule has 0 N–H and O–H groups in total. The number of anilines is 1. The highest BCUT2D eigenvalue weighted by Crippen LogP contribution is 2.35. The topological polar surface area (TPSA) is 52.8 Å². The molecular formula is C25H26Cl2N4O2. The van der Waals surface area contributed by atoms with Gasteiger partial charge in [-0.3, -0.25) is 0 Å². The minimum Gasteiger partial charge on any atom is -0.441 e. The van der Waals surface area contributed by atoms with E-state index in [9.17, 15) is 4.79 Å². The molecule has 8 heteroatoms. The number of rotatable bonds is 3. The maximum Gasteiger partial charge on any atom is 0.320 e. The quantitative estimate of drug-likeness (QED) is 0.454. The van der Waals surface area contributed by atoms with E-state index >= 15 is 0 Å². The van der Waals surface area contributed by atoms with Crippen LogP contribution >= 0.6 is 23.2 Å². The normalized spacial score (nSPS) is 18.8. The number of urea groups is 1. The molecule has 2 aromatic carbocycles. The van der Waals surface area contributed by atoms with E-state index in [0.717, 1.165) is 55.1 Å². The number of piperazine rings is 1. The number of amides is 2. The summed E-state index contributed by atoms with van der Waals surface area (Å²) in [5.41, 5.74) is 3.17. The van der Waals surface area contributed by atoms with Crippen LogP contribution in [0.1, 0.15) is 30.3 Å². The zero-order valence-electron chi connectivity index (χ0n) is 18.5. The molecule has 2 amide bonds. The molecule has 3 aromatic rings. The van der Waals surface area contributed by atoms with Crippen molar-refractivity contribution < 1.29 is 9.21 Å². The van der Waals surface area contributed by atoms with Crippen LogP contribution in [0, 0.1) is 6.92 Å². The van der Waals surface area contributed by atoms with Crippen LogP contribution in [-0.2, 0) is 0 Å². The van der Waals surface area contributed by atoms with E-state index in [4.69, 9.17) is 27.6 Å². The Morgan fingerprint density at radius 3 is 2.33 bits per heavy atom. The lowest BCUT2D eigenvalue weighted by Crippen LogP contribution is -2.52. The smallest absolute Gasteiger partial charge is 0.320 e. The Morgan fingerprint density at radius 2 is 1.70 bits per heavy atom. The molecule has 6 nitrogen and oxygen atoms in total. The predicted molar refractivity (Wildman–Crippen MR) is 131 cm³/mol. The van der Waals surface area contributed by atoms with Gasteiger partial charge in [0.2, 0.25) is 0 Å². The lowest BCUT2D eigenvalue weighted by molar-refractivity contribution is 0.145. The number of carbonyl (C=O) groups is 1. The van der Waals surface area contributed by atoms with Gasteiger partial charge in [-0.25, -0.2) is 9.78 Å². The summed E-state index contributed by atoms with van der Waals surface area (Å²) in [6.07, 6.45) is 3.66. The number of oxazole rings is 1. The van der Waals surface area contributed by atoms with Crippen molar-refractivity contribution >= 4 is 34.9 Å². The van der Waals surface area contributed by atoms with Gasteiger partial charge in [-0.05, 0) is 60.9 Å². The third-order valence-corrected chi connectivity index (χ3v) is 6.89. The average molecular weight is 485 g/mol. The minimum absolute atomic E-state index is 0.0269. The highest BCUT2D eigenvalue weighted by Gasteiger charge is 2.34. The van der Waals surface area contributed by atoms with Gasteiger partial charge in [0.25, 0.3) is 0 Å². The van der Waals surface area contributed by atoms with Crippen LogP contribution in [-0.4, -0.2) is 53.5 Å². The first-order valence-electron chi connectivity index (χ1n) is 11.3. The molecule has 3 heterocycles. The van der Waals surface area contributed by atoms with Gasteiger partial charge >= 0.3 is 6.03 Å².